The predicted molar refractivity (Wildman–Crippen MR) is 222 cm³/mol. The van der Waals surface area contributed by atoms with E-state index in [9.17, 15) is 15.1 Å². The fourth-order valence-corrected chi connectivity index (χ4v) is 12.8. The van der Waals surface area contributed by atoms with Gasteiger partial charge >= 0.3 is 5.97 Å². The Morgan fingerprint density at radius 1 is 0.945 bits per heavy atom. The van der Waals surface area contributed by atoms with Crippen LogP contribution in [0.4, 0.5) is 0 Å². The van der Waals surface area contributed by atoms with E-state index in [0.717, 1.165) is 61.2 Å². The van der Waals surface area contributed by atoms with Crippen LogP contribution < -0.4 is 4.74 Å². The minimum atomic E-state index is -0.488. The molecule has 0 spiro atoms. The van der Waals surface area contributed by atoms with Crippen molar-refractivity contribution in [3.8, 4) is 11.5 Å². The van der Waals surface area contributed by atoms with Crippen LogP contribution in [0.2, 0.25) is 0 Å². The third-order valence-corrected chi connectivity index (χ3v) is 15.6. The molecule has 5 aliphatic rings. The molecule has 1 heterocycles. The van der Waals surface area contributed by atoms with Gasteiger partial charge in [0, 0.05) is 41.8 Å². The maximum atomic E-state index is 13.0. The summed E-state index contributed by atoms with van der Waals surface area (Å²) in [7, 11) is 0. The molecule has 1 aliphatic heterocycles. The summed E-state index contributed by atoms with van der Waals surface area (Å²) in [5, 5.41) is 24.5. The maximum absolute atomic E-state index is 13.0. The quantitative estimate of drug-likeness (QED) is 0.0882. The number of phenols is 1. The van der Waals surface area contributed by atoms with Gasteiger partial charge in [-0.25, -0.2) is 0 Å². The number of aromatic hydroxyl groups is 1. The van der Waals surface area contributed by atoms with Crippen molar-refractivity contribution in [2.45, 2.75) is 188 Å². The number of rotatable bonds is 14. The minimum absolute atomic E-state index is 0.00136. The summed E-state index contributed by atoms with van der Waals surface area (Å²) >= 11 is 0. The molecule has 4 aliphatic carbocycles. The van der Waals surface area contributed by atoms with Crippen molar-refractivity contribution in [2.75, 3.05) is 6.61 Å². The van der Waals surface area contributed by atoms with Crippen LogP contribution in [-0.4, -0.2) is 52.2 Å². The van der Waals surface area contributed by atoms with Crippen LogP contribution in [0.5, 0.6) is 11.5 Å². The molecule has 1 unspecified atom stereocenters. The lowest BCUT2D eigenvalue weighted by molar-refractivity contribution is -0.288. The first kappa shape index (κ1) is 42.2. The van der Waals surface area contributed by atoms with Crippen LogP contribution in [0, 0.1) is 46.3 Å². The first-order chi connectivity index (χ1) is 25.9. The maximum Gasteiger partial charge on any atom is 0.306 e. The number of allylic oxidation sites excluding steroid dienone is 1. The molecule has 4 fully saturated rings. The second-order valence-electron chi connectivity index (χ2n) is 20.9. The van der Waals surface area contributed by atoms with Gasteiger partial charge in [-0.2, -0.15) is 0 Å². The zero-order valence-corrected chi connectivity index (χ0v) is 36.0. The molecular weight excluding hydrogens is 685 g/mol. The summed E-state index contributed by atoms with van der Waals surface area (Å²) in [6.07, 6.45) is 21.5. The Kier molecular flexibility index (Phi) is 12.9. The van der Waals surface area contributed by atoms with E-state index in [4.69, 9.17) is 14.5 Å². The number of esters is 1. The second-order valence-corrected chi connectivity index (χ2v) is 20.9. The van der Waals surface area contributed by atoms with Gasteiger partial charge in [-0.05, 0) is 157 Å². The summed E-state index contributed by atoms with van der Waals surface area (Å²) < 4.78 is 12.0. The number of carbonyl (C=O) groups excluding carboxylic acids is 1. The lowest BCUT2D eigenvalue weighted by atomic mass is 9.47. The number of piperidine rings is 1. The van der Waals surface area contributed by atoms with E-state index in [1.165, 1.54) is 56.4 Å². The van der Waals surface area contributed by atoms with E-state index in [1.807, 2.05) is 39.8 Å². The Bertz CT molecular complexity index is 1530. The summed E-state index contributed by atoms with van der Waals surface area (Å²) in [5.74, 6) is 5.61. The molecule has 7 nitrogen and oxygen atoms in total. The van der Waals surface area contributed by atoms with E-state index in [1.54, 1.807) is 17.9 Å². The summed E-state index contributed by atoms with van der Waals surface area (Å²) in [6.45, 7) is 20.8. The highest BCUT2D eigenvalue weighted by atomic mass is 16.5. The highest BCUT2D eigenvalue weighted by molar-refractivity contribution is 5.83. The number of benzene rings is 1. The number of phenolic OH excluding ortho intramolecular Hbond substituents is 1. The zero-order chi connectivity index (χ0) is 39.8. The van der Waals surface area contributed by atoms with Gasteiger partial charge < -0.3 is 14.6 Å². The van der Waals surface area contributed by atoms with E-state index in [-0.39, 0.29) is 29.3 Å². The van der Waals surface area contributed by atoms with Crippen molar-refractivity contribution in [3.05, 3.63) is 35.4 Å². The Balaban J connectivity index is 0.920. The molecule has 1 saturated heterocycles. The molecule has 1 aromatic carbocycles. The van der Waals surface area contributed by atoms with Crippen LogP contribution in [0.3, 0.4) is 0 Å². The van der Waals surface area contributed by atoms with E-state index >= 15 is 0 Å². The van der Waals surface area contributed by atoms with E-state index in [2.05, 4.69) is 40.7 Å². The molecule has 0 amide bonds. The van der Waals surface area contributed by atoms with Gasteiger partial charge in [-0.1, -0.05) is 65.5 Å². The Morgan fingerprint density at radius 3 is 2.40 bits per heavy atom. The van der Waals surface area contributed by atoms with Gasteiger partial charge in [0.15, 0.2) is 0 Å². The largest absolute Gasteiger partial charge is 0.507 e. The number of hydrogen-bond acceptors (Lipinski definition) is 6. The van der Waals surface area contributed by atoms with Crippen molar-refractivity contribution in [1.29, 1.82) is 0 Å². The summed E-state index contributed by atoms with van der Waals surface area (Å²) in [4.78, 5) is 17.7. The minimum Gasteiger partial charge on any atom is -0.507 e. The standard InChI is InChI=1S/C48H75N2O5/c1-32(2)13-12-14-33(3)40-20-21-41-39-19-17-35-27-38(22-24-47(35,8)42(39)23-25-48(40,41)9)55-44(52)15-10-11-26-54-37-18-16-34(43(51)28-37)31-49-36-29-45(4,5)50(53)46(6,7)30-36/h16-18,28,31-33,36,38-42,51H,10-15,19-27,29-30H2,1-9H3/t33-,38?,39+,40-,41+,42+,47+,48-/m1/s1. The molecule has 1 aromatic rings. The monoisotopic (exact) mass is 760 g/mol. The van der Waals surface area contributed by atoms with Gasteiger partial charge in [0.1, 0.15) is 17.6 Å². The van der Waals surface area contributed by atoms with Crippen LogP contribution >= 0.6 is 0 Å². The molecule has 8 atom stereocenters. The lowest BCUT2D eigenvalue weighted by Gasteiger charge is -2.58. The topological polar surface area (TPSA) is 91.3 Å². The van der Waals surface area contributed by atoms with Crippen molar-refractivity contribution >= 4 is 12.2 Å². The Morgan fingerprint density at radius 2 is 1.69 bits per heavy atom. The number of hydroxylamine groups is 2. The molecule has 7 heteroatoms. The average molecular weight is 760 g/mol. The molecule has 307 valence electrons. The molecular formula is C48H75N2O5. The van der Waals surface area contributed by atoms with Gasteiger partial charge in [0.05, 0.1) is 12.6 Å². The number of unbranched alkanes of at least 4 members (excludes halogenated alkanes) is 1. The fourth-order valence-electron chi connectivity index (χ4n) is 12.8. The molecule has 0 aromatic heterocycles. The van der Waals surface area contributed by atoms with E-state index < -0.39 is 11.1 Å². The smallest absolute Gasteiger partial charge is 0.306 e. The highest BCUT2D eigenvalue weighted by Gasteiger charge is 2.59. The van der Waals surface area contributed by atoms with Crippen molar-refractivity contribution in [3.63, 3.8) is 0 Å². The van der Waals surface area contributed by atoms with Gasteiger partial charge in [-0.15, -0.1) is 10.3 Å². The fraction of sp³-hybridized carbons (Fsp3) is 0.792. The Labute approximate surface area is 334 Å². The second kappa shape index (κ2) is 16.8. The van der Waals surface area contributed by atoms with Crippen molar-refractivity contribution < 1.29 is 24.6 Å². The number of ether oxygens (including phenoxy) is 2. The number of aliphatic imine (C=N–C) groups is 1. The Hall–Kier alpha value is -2.38. The van der Waals surface area contributed by atoms with Crippen LogP contribution in [0.1, 0.15) is 171 Å². The third kappa shape index (κ3) is 9.19. The van der Waals surface area contributed by atoms with Gasteiger partial charge in [-0.3, -0.25) is 9.79 Å². The normalized spacial score (nSPS) is 33.8. The number of carbonyl (C=O) groups is 1. The molecule has 6 rings (SSSR count). The first-order valence-electron chi connectivity index (χ1n) is 22.3. The van der Waals surface area contributed by atoms with Crippen molar-refractivity contribution in [2.24, 2.45) is 51.3 Å². The first-order valence-corrected chi connectivity index (χ1v) is 22.3. The number of hydrogen-bond donors (Lipinski definition) is 1. The van der Waals surface area contributed by atoms with Crippen molar-refractivity contribution in [1.82, 2.24) is 5.06 Å². The summed E-state index contributed by atoms with van der Waals surface area (Å²) in [5.41, 5.74) is 1.99. The SMILES string of the molecule is CC(C)CCC[C@@H](C)[C@H]1CC[C@H]2[C@@H]3CC=C4CC(OC(=O)CCCCOc5ccc(C=NC6CC(C)(C)N([O])C(C)(C)C6)c(O)c5)CC[C@]4(C)[C@H]3CC[C@]12C. The highest BCUT2D eigenvalue weighted by Crippen LogP contribution is 2.67. The van der Waals surface area contributed by atoms with Gasteiger partial charge in [0.25, 0.3) is 0 Å². The van der Waals surface area contributed by atoms with E-state index in [0.29, 0.717) is 49.0 Å². The third-order valence-electron chi connectivity index (χ3n) is 15.6. The van der Waals surface area contributed by atoms with Crippen LogP contribution in [-0.2, 0) is 14.7 Å². The van der Waals surface area contributed by atoms with Crippen LogP contribution in [0.25, 0.3) is 0 Å². The zero-order valence-electron chi connectivity index (χ0n) is 36.0. The molecule has 0 bridgehead atoms. The van der Waals surface area contributed by atoms with Gasteiger partial charge in [0.2, 0.25) is 0 Å². The van der Waals surface area contributed by atoms with Crippen LogP contribution in [0.15, 0.2) is 34.8 Å². The molecule has 1 radical (unpaired) electrons. The number of nitrogens with zero attached hydrogens (tertiary/aromatic N) is 2. The average Bonchev–Trinajstić information content (AvgIpc) is 3.47. The number of fused-ring (bicyclic) bond motifs is 5. The summed E-state index contributed by atoms with van der Waals surface area (Å²) in [6, 6.07) is 5.29. The molecule has 3 saturated carbocycles. The molecule has 55 heavy (non-hydrogen) atoms. The molecule has 1 N–H and O–H groups in total. The predicted octanol–water partition coefficient (Wildman–Crippen LogP) is 11.7. The lowest BCUT2D eigenvalue weighted by Crippen LogP contribution is -2.59.